The Kier molecular flexibility index (Phi) is 3.44. The molecule has 0 spiro atoms. The van der Waals surface area contributed by atoms with Gasteiger partial charge in [0.1, 0.15) is 0 Å². The van der Waals surface area contributed by atoms with Gasteiger partial charge in [-0.3, -0.25) is 0 Å². The van der Waals surface area contributed by atoms with Gasteiger partial charge in [-0.2, -0.15) is 0 Å². The third-order valence-corrected chi connectivity index (χ3v) is 2.96. The van der Waals surface area contributed by atoms with Crippen LogP contribution in [-0.2, 0) is 0 Å². The minimum atomic E-state index is -2.21. The van der Waals surface area contributed by atoms with E-state index in [0.29, 0.717) is 5.41 Å². The molecule has 0 aliphatic heterocycles. The number of halogens is 2. The molecular formula is C9H17F2N. The maximum absolute atomic E-state index is 11.8. The van der Waals surface area contributed by atoms with E-state index in [1.165, 1.54) is 19.3 Å². The van der Waals surface area contributed by atoms with Crippen LogP contribution in [-0.4, -0.2) is 19.5 Å². The van der Waals surface area contributed by atoms with Gasteiger partial charge in [0.2, 0.25) is 0 Å². The van der Waals surface area contributed by atoms with E-state index in [0.717, 1.165) is 13.0 Å². The molecule has 1 rings (SSSR count). The Hall–Kier alpha value is -0.180. The molecule has 0 unspecified atom stereocenters. The highest BCUT2D eigenvalue weighted by Gasteiger charge is 2.34. The normalized spacial score (nSPS) is 21.0. The average molecular weight is 177 g/mol. The van der Waals surface area contributed by atoms with Crippen LogP contribution in [0.4, 0.5) is 8.78 Å². The van der Waals surface area contributed by atoms with E-state index in [1.54, 1.807) is 0 Å². The Bertz CT molecular complexity index is 127. The molecule has 1 N–H and O–H groups in total. The van der Waals surface area contributed by atoms with Gasteiger partial charge < -0.3 is 5.32 Å². The molecule has 1 fully saturated rings. The lowest BCUT2D eigenvalue weighted by Crippen LogP contribution is -2.40. The van der Waals surface area contributed by atoms with Crippen molar-refractivity contribution in [2.75, 3.05) is 13.1 Å². The first-order valence-corrected chi connectivity index (χ1v) is 4.67. The monoisotopic (exact) mass is 177 g/mol. The number of rotatable bonds is 5. The minimum absolute atomic E-state index is 0.151. The van der Waals surface area contributed by atoms with Crippen LogP contribution in [0.1, 0.15) is 32.6 Å². The molecule has 0 bridgehead atoms. The van der Waals surface area contributed by atoms with Crippen molar-refractivity contribution in [3.63, 3.8) is 0 Å². The second kappa shape index (κ2) is 4.17. The Balaban J connectivity index is 2.12. The van der Waals surface area contributed by atoms with Gasteiger partial charge in [0, 0.05) is 6.54 Å². The summed E-state index contributed by atoms with van der Waals surface area (Å²) >= 11 is 0. The summed E-state index contributed by atoms with van der Waals surface area (Å²) < 4.78 is 23.5. The summed E-state index contributed by atoms with van der Waals surface area (Å²) in [6, 6.07) is 0. The summed E-state index contributed by atoms with van der Waals surface area (Å²) in [5.74, 6) is 0. The maximum Gasteiger partial charge on any atom is 0.250 e. The van der Waals surface area contributed by atoms with E-state index in [9.17, 15) is 8.78 Å². The lowest BCUT2D eigenvalue weighted by Gasteiger charge is -2.41. The van der Waals surface area contributed by atoms with E-state index >= 15 is 0 Å². The molecule has 1 aliphatic rings. The van der Waals surface area contributed by atoms with Gasteiger partial charge in [-0.15, -0.1) is 0 Å². The fraction of sp³-hybridized carbons (Fsp3) is 1.00. The third kappa shape index (κ3) is 2.41. The zero-order valence-electron chi connectivity index (χ0n) is 7.58. The van der Waals surface area contributed by atoms with Gasteiger partial charge in [-0.25, -0.2) is 8.78 Å². The molecule has 1 nitrogen and oxygen atoms in total. The van der Waals surface area contributed by atoms with Crippen LogP contribution < -0.4 is 5.32 Å². The molecule has 72 valence electrons. The first kappa shape index (κ1) is 9.90. The number of hydrogen-bond donors (Lipinski definition) is 1. The molecule has 0 aromatic rings. The van der Waals surface area contributed by atoms with Crippen LogP contribution >= 0.6 is 0 Å². The molecule has 0 aromatic carbocycles. The largest absolute Gasteiger partial charge is 0.311 e. The fourth-order valence-corrected chi connectivity index (χ4v) is 1.78. The summed E-state index contributed by atoms with van der Waals surface area (Å²) in [4.78, 5) is 0. The Morgan fingerprint density at radius 2 is 2.08 bits per heavy atom. The summed E-state index contributed by atoms with van der Waals surface area (Å²) in [7, 11) is 0. The molecule has 0 aromatic heterocycles. The van der Waals surface area contributed by atoms with Crippen LogP contribution in [0.5, 0.6) is 0 Å². The summed E-state index contributed by atoms with van der Waals surface area (Å²) in [5, 5.41) is 2.83. The first-order chi connectivity index (χ1) is 5.68. The second-order valence-corrected chi connectivity index (χ2v) is 3.73. The highest BCUT2D eigenvalue weighted by molar-refractivity contribution is 4.88. The zero-order valence-corrected chi connectivity index (χ0v) is 7.58. The van der Waals surface area contributed by atoms with Gasteiger partial charge in [0.15, 0.2) is 0 Å². The quantitative estimate of drug-likeness (QED) is 0.680. The highest BCUT2D eigenvalue weighted by Crippen LogP contribution is 2.42. The molecule has 1 aliphatic carbocycles. The molecule has 0 saturated heterocycles. The van der Waals surface area contributed by atoms with E-state index < -0.39 is 6.43 Å². The lowest BCUT2D eigenvalue weighted by molar-refractivity contribution is 0.102. The van der Waals surface area contributed by atoms with Gasteiger partial charge in [-0.1, -0.05) is 13.3 Å². The van der Waals surface area contributed by atoms with Crippen molar-refractivity contribution < 1.29 is 8.78 Å². The van der Waals surface area contributed by atoms with Gasteiger partial charge >= 0.3 is 0 Å². The molecule has 3 heteroatoms. The Morgan fingerprint density at radius 1 is 1.42 bits per heavy atom. The lowest BCUT2D eigenvalue weighted by atomic mass is 9.67. The summed E-state index contributed by atoms with van der Waals surface area (Å²) in [6.45, 7) is 2.76. The van der Waals surface area contributed by atoms with Crippen LogP contribution in [0.2, 0.25) is 0 Å². The first-order valence-electron chi connectivity index (χ1n) is 4.67. The molecule has 0 amide bonds. The number of nitrogens with one attached hydrogen (secondary N) is 1. The van der Waals surface area contributed by atoms with Crippen LogP contribution in [0.15, 0.2) is 0 Å². The van der Waals surface area contributed by atoms with Crippen molar-refractivity contribution in [2.45, 2.75) is 39.0 Å². The minimum Gasteiger partial charge on any atom is -0.311 e. The fourth-order valence-electron chi connectivity index (χ4n) is 1.78. The molecule has 0 atom stereocenters. The maximum atomic E-state index is 11.8. The topological polar surface area (TPSA) is 12.0 Å². The van der Waals surface area contributed by atoms with Crippen molar-refractivity contribution in [1.82, 2.24) is 5.32 Å². The second-order valence-electron chi connectivity index (χ2n) is 3.73. The van der Waals surface area contributed by atoms with Gasteiger partial charge in [0.05, 0.1) is 6.54 Å². The molecule has 1 saturated carbocycles. The van der Waals surface area contributed by atoms with Crippen molar-refractivity contribution in [3.8, 4) is 0 Å². The predicted molar refractivity (Wildman–Crippen MR) is 45.4 cm³/mol. The van der Waals surface area contributed by atoms with Crippen LogP contribution in [0.3, 0.4) is 0 Å². The summed E-state index contributed by atoms with van der Waals surface area (Å²) in [5.41, 5.74) is 0.356. The molecular weight excluding hydrogens is 160 g/mol. The van der Waals surface area contributed by atoms with Crippen LogP contribution in [0.25, 0.3) is 0 Å². The van der Waals surface area contributed by atoms with Gasteiger partial charge in [0.25, 0.3) is 6.43 Å². The average Bonchev–Trinajstić information content (AvgIpc) is 1.94. The van der Waals surface area contributed by atoms with Crippen molar-refractivity contribution >= 4 is 0 Å². The molecule has 0 heterocycles. The van der Waals surface area contributed by atoms with Crippen molar-refractivity contribution in [3.05, 3.63) is 0 Å². The number of alkyl halides is 2. The van der Waals surface area contributed by atoms with E-state index in [2.05, 4.69) is 12.2 Å². The predicted octanol–water partition coefficient (Wildman–Crippen LogP) is 2.42. The van der Waals surface area contributed by atoms with E-state index in [1.807, 2.05) is 0 Å². The third-order valence-electron chi connectivity index (χ3n) is 2.96. The van der Waals surface area contributed by atoms with Crippen LogP contribution in [0, 0.1) is 5.41 Å². The number of hydrogen-bond acceptors (Lipinski definition) is 1. The Morgan fingerprint density at radius 3 is 2.42 bits per heavy atom. The summed E-state index contributed by atoms with van der Waals surface area (Å²) in [6.07, 6.45) is 2.59. The smallest absolute Gasteiger partial charge is 0.250 e. The van der Waals surface area contributed by atoms with Crippen molar-refractivity contribution in [1.29, 1.82) is 0 Å². The Labute approximate surface area is 72.5 Å². The molecule has 0 radical (unpaired) electrons. The van der Waals surface area contributed by atoms with E-state index in [-0.39, 0.29) is 6.54 Å². The molecule has 12 heavy (non-hydrogen) atoms. The zero-order chi connectivity index (χ0) is 9.03. The van der Waals surface area contributed by atoms with Gasteiger partial charge in [-0.05, 0) is 24.7 Å². The van der Waals surface area contributed by atoms with E-state index in [4.69, 9.17) is 0 Å². The van der Waals surface area contributed by atoms with Crippen molar-refractivity contribution in [2.24, 2.45) is 5.41 Å². The SMILES string of the molecule is CCC1(CNCC(F)F)CCC1. The standard InChI is InChI=1S/C9H17F2N/c1-2-9(4-3-5-9)7-12-6-8(10)11/h8,12H,2-7H2,1H3. The highest BCUT2D eigenvalue weighted by atomic mass is 19.3.